The van der Waals surface area contributed by atoms with Crippen molar-refractivity contribution in [3.05, 3.63) is 23.8 Å². The Kier molecular flexibility index (Phi) is 4.62. The average Bonchev–Trinajstić information content (AvgIpc) is 2.25. The fourth-order valence-corrected chi connectivity index (χ4v) is 1.41. The van der Waals surface area contributed by atoms with Crippen molar-refractivity contribution in [2.24, 2.45) is 0 Å². The first-order chi connectivity index (χ1) is 7.63. The van der Waals surface area contributed by atoms with Gasteiger partial charge in [0.05, 0.1) is 23.0 Å². The molecule has 0 amide bonds. The minimum absolute atomic E-state index is 0.594. The number of hydrogen-bond acceptors (Lipinski definition) is 4. The Morgan fingerprint density at radius 2 is 2.19 bits per heavy atom. The van der Waals surface area contributed by atoms with Gasteiger partial charge in [-0.15, -0.1) is 0 Å². The zero-order valence-corrected chi connectivity index (χ0v) is 9.83. The first-order valence-electron chi connectivity index (χ1n) is 5.31. The van der Waals surface area contributed by atoms with Crippen LogP contribution in [0.25, 0.3) is 0 Å². The molecule has 0 atom stereocenters. The van der Waals surface area contributed by atoms with Gasteiger partial charge in [-0.3, -0.25) is 0 Å². The summed E-state index contributed by atoms with van der Waals surface area (Å²) in [5.74, 6) is 0. The van der Waals surface area contributed by atoms with E-state index in [9.17, 15) is 0 Å². The van der Waals surface area contributed by atoms with E-state index < -0.39 is 0 Å². The van der Waals surface area contributed by atoms with E-state index in [0.717, 1.165) is 25.2 Å². The highest BCUT2D eigenvalue weighted by Crippen LogP contribution is 2.19. The van der Waals surface area contributed by atoms with Crippen LogP contribution in [0.5, 0.6) is 0 Å². The molecule has 1 rings (SSSR count). The van der Waals surface area contributed by atoms with Gasteiger partial charge >= 0.3 is 0 Å². The zero-order valence-electron chi connectivity index (χ0n) is 9.83. The molecule has 0 unspecified atom stereocenters. The van der Waals surface area contributed by atoms with E-state index in [1.165, 1.54) is 0 Å². The second-order valence-electron chi connectivity index (χ2n) is 4.00. The number of nitrogens with one attached hydrogen (secondary N) is 1. The van der Waals surface area contributed by atoms with Crippen molar-refractivity contribution in [1.82, 2.24) is 4.90 Å². The average molecular weight is 218 g/mol. The van der Waals surface area contributed by atoms with Gasteiger partial charge in [0.15, 0.2) is 0 Å². The smallest absolute Gasteiger partial charge is 0.0992 e. The van der Waals surface area contributed by atoms with E-state index in [1.807, 2.05) is 6.07 Å². The standard InChI is InChI=1S/C12H18N4/c1-16(2)7-3-6-15-12-5-4-10(9-13)8-11(12)14/h4-5,8,15H,3,6-7,14H2,1-2H3. The number of nitrogen functional groups attached to an aromatic ring is 1. The van der Waals surface area contributed by atoms with Gasteiger partial charge < -0.3 is 16.0 Å². The lowest BCUT2D eigenvalue weighted by molar-refractivity contribution is 0.405. The summed E-state index contributed by atoms with van der Waals surface area (Å²) in [6.45, 7) is 1.93. The molecule has 0 spiro atoms. The molecule has 0 saturated heterocycles. The molecule has 0 aromatic heterocycles. The lowest BCUT2D eigenvalue weighted by Gasteiger charge is -2.12. The fourth-order valence-electron chi connectivity index (χ4n) is 1.41. The van der Waals surface area contributed by atoms with E-state index in [1.54, 1.807) is 12.1 Å². The van der Waals surface area contributed by atoms with E-state index in [0.29, 0.717) is 11.3 Å². The third-order valence-electron chi connectivity index (χ3n) is 2.28. The SMILES string of the molecule is CN(C)CCCNc1ccc(C#N)cc1N. The highest BCUT2D eigenvalue weighted by molar-refractivity contribution is 5.68. The zero-order chi connectivity index (χ0) is 12.0. The van der Waals surface area contributed by atoms with Gasteiger partial charge in [-0.1, -0.05) is 0 Å². The highest BCUT2D eigenvalue weighted by atomic mass is 15.1. The maximum absolute atomic E-state index is 8.70. The molecule has 0 aliphatic rings. The molecule has 0 fully saturated rings. The Morgan fingerprint density at radius 1 is 1.44 bits per heavy atom. The van der Waals surface area contributed by atoms with Crippen molar-refractivity contribution in [1.29, 1.82) is 5.26 Å². The summed E-state index contributed by atoms with van der Waals surface area (Å²) >= 11 is 0. The van der Waals surface area contributed by atoms with Crippen LogP contribution in [0.1, 0.15) is 12.0 Å². The Labute approximate surface area is 96.7 Å². The third kappa shape index (κ3) is 3.79. The van der Waals surface area contributed by atoms with Crippen molar-refractivity contribution in [2.45, 2.75) is 6.42 Å². The van der Waals surface area contributed by atoms with Crippen molar-refractivity contribution in [3.63, 3.8) is 0 Å². The van der Waals surface area contributed by atoms with Crippen LogP contribution in [0.4, 0.5) is 11.4 Å². The summed E-state index contributed by atoms with van der Waals surface area (Å²) < 4.78 is 0. The summed E-state index contributed by atoms with van der Waals surface area (Å²) in [6, 6.07) is 7.37. The minimum atomic E-state index is 0.594. The van der Waals surface area contributed by atoms with E-state index in [2.05, 4.69) is 30.4 Å². The predicted molar refractivity (Wildman–Crippen MR) is 67.2 cm³/mol. The number of rotatable bonds is 5. The molecule has 0 aliphatic heterocycles. The normalized spacial score (nSPS) is 10.1. The summed E-state index contributed by atoms with van der Waals surface area (Å²) in [4.78, 5) is 2.14. The van der Waals surface area contributed by atoms with Crippen LogP contribution in [-0.4, -0.2) is 32.1 Å². The molecule has 0 aliphatic carbocycles. The molecular weight excluding hydrogens is 200 g/mol. The molecule has 3 N–H and O–H groups in total. The largest absolute Gasteiger partial charge is 0.397 e. The molecule has 4 heteroatoms. The quantitative estimate of drug-likeness (QED) is 0.580. The monoisotopic (exact) mass is 218 g/mol. The number of nitrogens with two attached hydrogens (primary N) is 1. The van der Waals surface area contributed by atoms with Gasteiger partial charge in [0.25, 0.3) is 0 Å². The Hall–Kier alpha value is -1.73. The summed E-state index contributed by atoms with van der Waals surface area (Å²) in [5, 5.41) is 12.0. The van der Waals surface area contributed by atoms with E-state index >= 15 is 0 Å². The molecule has 16 heavy (non-hydrogen) atoms. The number of nitrogens with zero attached hydrogens (tertiary/aromatic N) is 2. The number of anilines is 2. The Morgan fingerprint density at radius 3 is 2.75 bits per heavy atom. The van der Waals surface area contributed by atoms with Gasteiger partial charge in [0.1, 0.15) is 0 Å². The first-order valence-corrected chi connectivity index (χ1v) is 5.31. The fraction of sp³-hybridized carbons (Fsp3) is 0.417. The van der Waals surface area contributed by atoms with Gasteiger partial charge in [-0.05, 0) is 45.3 Å². The molecule has 0 saturated carbocycles. The summed E-state index contributed by atoms with van der Waals surface area (Å²) in [6.07, 6.45) is 1.06. The Balaban J connectivity index is 2.46. The second-order valence-corrected chi connectivity index (χ2v) is 4.00. The van der Waals surface area contributed by atoms with Gasteiger partial charge in [-0.2, -0.15) is 5.26 Å². The second kappa shape index (κ2) is 5.99. The molecule has 0 bridgehead atoms. The van der Waals surface area contributed by atoms with Gasteiger partial charge in [0.2, 0.25) is 0 Å². The maximum atomic E-state index is 8.70. The molecule has 86 valence electrons. The molecule has 1 aromatic carbocycles. The molecule has 4 nitrogen and oxygen atoms in total. The lowest BCUT2D eigenvalue weighted by atomic mass is 10.2. The molecular formula is C12H18N4. The van der Waals surface area contributed by atoms with E-state index in [4.69, 9.17) is 11.0 Å². The number of hydrogen-bond donors (Lipinski definition) is 2. The first kappa shape index (κ1) is 12.3. The van der Waals surface area contributed by atoms with Crippen LogP contribution in [0, 0.1) is 11.3 Å². The molecule has 0 radical (unpaired) electrons. The van der Waals surface area contributed by atoms with Crippen molar-refractivity contribution in [2.75, 3.05) is 38.2 Å². The van der Waals surface area contributed by atoms with Crippen LogP contribution in [0.15, 0.2) is 18.2 Å². The minimum Gasteiger partial charge on any atom is -0.397 e. The molecule has 1 aromatic rings. The van der Waals surface area contributed by atoms with E-state index in [-0.39, 0.29) is 0 Å². The van der Waals surface area contributed by atoms with Crippen molar-refractivity contribution in [3.8, 4) is 6.07 Å². The van der Waals surface area contributed by atoms with Crippen LogP contribution in [0.3, 0.4) is 0 Å². The lowest BCUT2D eigenvalue weighted by Crippen LogP contribution is -2.16. The maximum Gasteiger partial charge on any atom is 0.0992 e. The van der Waals surface area contributed by atoms with Crippen molar-refractivity contribution >= 4 is 11.4 Å². The number of benzene rings is 1. The van der Waals surface area contributed by atoms with Crippen LogP contribution < -0.4 is 11.1 Å². The van der Waals surface area contributed by atoms with Gasteiger partial charge in [-0.25, -0.2) is 0 Å². The van der Waals surface area contributed by atoms with Crippen LogP contribution in [0.2, 0.25) is 0 Å². The topological polar surface area (TPSA) is 65.1 Å². The highest BCUT2D eigenvalue weighted by Gasteiger charge is 1.99. The number of nitriles is 1. The summed E-state index contributed by atoms with van der Waals surface area (Å²) in [5.41, 5.74) is 7.94. The third-order valence-corrected chi connectivity index (χ3v) is 2.28. The van der Waals surface area contributed by atoms with Gasteiger partial charge in [0, 0.05) is 6.54 Å². The van der Waals surface area contributed by atoms with Crippen molar-refractivity contribution < 1.29 is 0 Å². The van der Waals surface area contributed by atoms with Crippen LogP contribution in [-0.2, 0) is 0 Å². The molecule has 0 heterocycles. The van der Waals surface area contributed by atoms with Crippen LogP contribution >= 0.6 is 0 Å². The predicted octanol–water partition coefficient (Wildman–Crippen LogP) is 1.50. The summed E-state index contributed by atoms with van der Waals surface area (Å²) in [7, 11) is 4.10. The Bertz CT molecular complexity index is 379.